The number of carbonyl (C=O) groups excluding carboxylic acids is 2. The number of amides is 2. The molecule has 1 heterocycles. The van der Waals surface area contributed by atoms with Gasteiger partial charge < -0.3 is 15.2 Å². The van der Waals surface area contributed by atoms with Crippen LogP contribution >= 0.6 is 11.6 Å². The molecule has 0 saturated heterocycles. The highest BCUT2D eigenvalue weighted by Gasteiger charge is 2.15. The molecule has 2 aromatic carbocycles. The van der Waals surface area contributed by atoms with Gasteiger partial charge in [0.15, 0.2) is 0 Å². The number of rotatable bonds is 6. The SMILES string of the molecule is CC(C)NC(=O)Cn1c(CNC(=O)c2ccc(Cl)cc2)nc2ccccc21. The summed E-state index contributed by atoms with van der Waals surface area (Å²) in [5.41, 5.74) is 2.15. The standard InChI is InChI=1S/C20H21ClN4O2/c1-13(2)23-19(26)12-25-17-6-4-3-5-16(17)24-18(25)11-22-20(27)14-7-9-15(21)10-8-14/h3-10,13H,11-12H2,1-2H3,(H,22,27)(H,23,26). The molecule has 0 bridgehead atoms. The van der Waals surface area contributed by atoms with Crippen molar-refractivity contribution in [1.29, 1.82) is 0 Å². The number of fused-ring (bicyclic) bond motifs is 1. The van der Waals surface area contributed by atoms with Crippen LogP contribution in [0.15, 0.2) is 48.5 Å². The van der Waals surface area contributed by atoms with Gasteiger partial charge in [0.2, 0.25) is 5.91 Å². The molecule has 0 aliphatic carbocycles. The van der Waals surface area contributed by atoms with Crippen molar-refractivity contribution >= 4 is 34.4 Å². The summed E-state index contributed by atoms with van der Waals surface area (Å²) < 4.78 is 1.83. The Morgan fingerprint density at radius 2 is 1.81 bits per heavy atom. The number of benzene rings is 2. The van der Waals surface area contributed by atoms with Gasteiger partial charge in [0, 0.05) is 16.6 Å². The Balaban J connectivity index is 1.80. The van der Waals surface area contributed by atoms with Crippen LogP contribution in [0.1, 0.15) is 30.0 Å². The van der Waals surface area contributed by atoms with Gasteiger partial charge in [-0.25, -0.2) is 4.98 Å². The Morgan fingerprint density at radius 1 is 1.11 bits per heavy atom. The van der Waals surface area contributed by atoms with Crippen molar-refractivity contribution in [2.45, 2.75) is 33.0 Å². The third-order valence-corrected chi connectivity index (χ3v) is 4.25. The summed E-state index contributed by atoms with van der Waals surface area (Å²) in [6, 6.07) is 14.3. The van der Waals surface area contributed by atoms with Crippen molar-refractivity contribution in [1.82, 2.24) is 20.2 Å². The Labute approximate surface area is 162 Å². The lowest BCUT2D eigenvalue weighted by molar-refractivity contribution is -0.122. The summed E-state index contributed by atoms with van der Waals surface area (Å²) in [6.45, 7) is 4.18. The predicted molar refractivity (Wildman–Crippen MR) is 106 cm³/mol. The molecular formula is C20H21ClN4O2. The second-order valence-electron chi connectivity index (χ2n) is 6.51. The van der Waals surface area contributed by atoms with E-state index in [0.29, 0.717) is 16.4 Å². The average molecular weight is 385 g/mol. The van der Waals surface area contributed by atoms with Crippen molar-refractivity contribution in [3.63, 3.8) is 0 Å². The van der Waals surface area contributed by atoms with E-state index in [1.165, 1.54) is 0 Å². The first-order valence-electron chi connectivity index (χ1n) is 8.71. The minimum absolute atomic E-state index is 0.0559. The normalized spacial score (nSPS) is 11.0. The van der Waals surface area contributed by atoms with Crippen molar-refractivity contribution in [3.8, 4) is 0 Å². The molecule has 2 amide bonds. The Bertz CT molecular complexity index is 964. The third kappa shape index (κ3) is 4.65. The number of imidazole rings is 1. The van der Waals surface area contributed by atoms with Crippen molar-refractivity contribution in [3.05, 3.63) is 64.9 Å². The van der Waals surface area contributed by atoms with Gasteiger partial charge in [-0.2, -0.15) is 0 Å². The lowest BCUT2D eigenvalue weighted by atomic mass is 10.2. The van der Waals surface area contributed by atoms with Gasteiger partial charge in [-0.15, -0.1) is 0 Å². The highest BCUT2D eigenvalue weighted by Crippen LogP contribution is 2.16. The molecular weight excluding hydrogens is 364 g/mol. The van der Waals surface area contributed by atoms with Crippen molar-refractivity contribution in [2.24, 2.45) is 0 Å². The van der Waals surface area contributed by atoms with Gasteiger partial charge in [-0.1, -0.05) is 23.7 Å². The number of aromatic nitrogens is 2. The fraction of sp³-hybridized carbons (Fsp3) is 0.250. The first-order chi connectivity index (χ1) is 12.9. The zero-order valence-electron chi connectivity index (χ0n) is 15.2. The molecule has 0 atom stereocenters. The van der Waals surface area contributed by atoms with Crippen LogP contribution < -0.4 is 10.6 Å². The van der Waals surface area contributed by atoms with Crippen LogP contribution in [0.2, 0.25) is 5.02 Å². The van der Waals surface area contributed by atoms with E-state index < -0.39 is 0 Å². The summed E-state index contributed by atoms with van der Waals surface area (Å²) in [6.07, 6.45) is 0. The number of hydrogen-bond acceptors (Lipinski definition) is 3. The Kier molecular flexibility index (Phi) is 5.76. The second-order valence-corrected chi connectivity index (χ2v) is 6.95. The topological polar surface area (TPSA) is 76.0 Å². The molecule has 0 radical (unpaired) electrons. The average Bonchev–Trinajstić information content (AvgIpc) is 2.97. The van der Waals surface area contributed by atoms with Crippen LogP contribution in [0.3, 0.4) is 0 Å². The summed E-state index contributed by atoms with van der Waals surface area (Å²) in [5, 5.41) is 6.31. The Hall–Kier alpha value is -2.86. The molecule has 0 saturated carbocycles. The number of nitrogens with one attached hydrogen (secondary N) is 2. The van der Waals surface area contributed by atoms with Crippen LogP contribution in [0, 0.1) is 0 Å². The molecule has 0 unspecified atom stereocenters. The van der Waals surface area contributed by atoms with Gasteiger partial charge in [0.1, 0.15) is 12.4 Å². The van der Waals surface area contributed by atoms with Crippen LogP contribution in [-0.2, 0) is 17.9 Å². The van der Waals surface area contributed by atoms with Gasteiger partial charge >= 0.3 is 0 Å². The van der Waals surface area contributed by atoms with Gasteiger partial charge in [-0.05, 0) is 50.2 Å². The maximum Gasteiger partial charge on any atom is 0.251 e. The summed E-state index contributed by atoms with van der Waals surface area (Å²) in [7, 11) is 0. The highest BCUT2D eigenvalue weighted by molar-refractivity contribution is 6.30. The van der Waals surface area contributed by atoms with E-state index in [1.54, 1.807) is 24.3 Å². The maximum atomic E-state index is 12.4. The molecule has 3 aromatic rings. The molecule has 2 N–H and O–H groups in total. The van der Waals surface area contributed by atoms with E-state index in [-0.39, 0.29) is 30.9 Å². The molecule has 3 rings (SSSR count). The molecule has 7 heteroatoms. The van der Waals surface area contributed by atoms with E-state index in [1.807, 2.05) is 42.7 Å². The minimum Gasteiger partial charge on any atom is -0.352 e. The summed E-state index contributed by atoms with van der Waals surface area (Å²) in [5.74, 6) is 0.299. The number of hydrogen-bond donors (Lipinski definition) is 2. The lowest BCUT2D eigenvalue weighted by Crippen LogP contribution is -2.34. The molecule has 1 aromatic heterocycles. The number of para-hydroxylation sites is 2. The first-order valence-corrected chi connectivity index (χ1v) is 9.09. The summed E-state index contributed by atoms with van der Waals surface area (Å²) in [4.78, 5) is 29.2. The second kappa shape index (κ2) is 8.22. The number of nitrogens with zero attached hydrogens (tertiary/aromatic N) is 2. The van der Waals surface area contributed by atoms with Crippen LogP contribution in [0.5, 0.6) is 0 Å². The van der Waals surface area contributed by atoms with E-state index in [4.69, 9.17) is 11.6 Å². The molecule has 0 spiro atoms. The fourth-order valence-corrected chi connectivity index (χ4v) is 2.94. The summed E-state index contributed by atoms with van der Waals surface area (Å²) >= 11 is 5.86. The first kappa shape index (κ1) is 18.9. The third-order valence-electron chi connectivity index (χ3n) is 4.00. The number of carbonyl (C=O) groups is 2. The monoisotopic (exact) mass is 384 g/mol. The number of halogens is 1. The van der Waals surface area contributed by atoms with Crippen LogP contribution in [0.25, 0.3) is 11.0 Å². The molecule has 140 valence electrons. The highest BCUT2D eigenvalue weighted by atomic mass is 35.5. The maximum absolute atomic E-state index is 12.4. The lowest BCUT2D eigenvalue weighted by Gasteiger charge is -2.12. The molecule has 0 fully saturated rings. The molecule has 0 aliphatic rings. The zero-order valence-corrected chi connectivity index (χ0v) is 16.0. The van der Waals surface area contributed by atoms with Gasteiger partial charge in [0.05, 0.1) is 17.6 Å². The quantitative estimate of drug-likeness (QED) is 0.685. The van der Waals surface area contributed by atoms with E-state index in [0.717, 1.165) is 11.0 Å². The van der Waals surface area contributed by atoms with E-state index in [2.05, 4.69) is 15.6 Å². The molecule has 27 heavy (non-hydrogen) atoms. The minimum atomic E-state index is -0.225. The largest absolute Gasteiger partial charge is 0.352 e. The molecule has 6 nitrogen and oxygen atoms in total. The van der Waals surface area contributed by atoms with Crippen LogP contribution in [0.4, 0.5) is 0 Å². The van der Waals surface area contributed by atoms with Gasteiger partial charge in [-0.3, -0.25) is 9.59 Å². The fourth-order valence-electron chi connectivity index (χ4n) is 2.81. The zero-order chi connectivity index (χ0) is 19.4. The van der Waals surface area contributed by atoms with Crippen LogP contribution in [-0.4, -0.2) is 27.4 Å². The predicted octanol–water partition coefficient (Wildman–Crippen LogP) is 3.14. The molecule has 0 aliphatic heterocycles. The van der Waals surface area contributed by atoms with E-state index >= 15 is 0 Å². The van der Waals surface area contributed by atoms with Crippen molar-refractivity contribution in [2.75, 3.05) is 0 Å². The van der Waals surface area contributed by atoms with Gasteiger partial charge in [0.25, 0.3) is 5.91 Å². The smallest absolute Gasteiger partial charge is 0.251 e. The van der Waals surface area contributed by atoms with E-state index in [9.17, 15) is 9.59 Å². The van der Waals surface area contributed by atoms with Crippen molar-refractivity contribution < 1.29 is 9.59 Å². The Morgan fingerprint density at radius 3 is 2.52 bits per heavy atom.